The minimum Gasteiger partial charge on any atom is -0.495 e. The highest BCUT2D eigenvalue weighted by Gasteiger charge is 2.38. The van der Waals surface area contributed by atoms with Crippen LogP contribution in [0, 0.1) is 0 Å². The molecule has 2 rings (SSSR count). The lowest BCUT2D eigenvalue weighted by Gasteiger charge is -2.32. The smallest absolute Gasteiger partial charge is 0.247 e. The standard InChI is InChI=1S/C12H17N3O5S/c1-19-10-6-8(13)2-3-11(10)21(17,18)15-4-5-20-7-9(15)12(14)16/h2-3,6,9H,4-5,7,13H2,1H3,(H2,14,16). The van der Waals surface area contributed by atoms with E-state index in [4.69, 9.17) is 20.9 Å². The average molecular weight is 315 g/mol. The molecule has 1 fully saturated rings. The lowest BCUT2D eigenvalue weighted by atomic mass is 10.3. The van der Waals surface area contributed by atoms with Crippen molar-refractivity contribution in [3.63, 3.8) is 0 Å². The second-order valence-electron chi connectivity index (χ2n) is 4.52. The van der Waals surface area contributed by atoms with E-state index in [0.29, 0.717) is 5.69 Å². The summed E-state index contributed by atoms with van der Waals surface area (Å²) in [6, 6.07) is 3.17. The fraction of sp³-hybridized carbons (Fsp3) is 0.417. The van der Waals surface area contributed by atoms with E-state index >= 15 is 0 Å². The van der Waals surface area contributed by atoms with Crippen LogP contribution in [0.5, 0.6) is 5.75 Å². The number of nitrogen functional groups attached to an aromatic ring is 1. The Hall–Kier alpha value is -1.84. The second kappa shape index (κ2) is 5.88. The second-order valence-corrected chi connectivity index (χ2v) is 6.38. The summed E-state index contributed by atoms with van der Waals surface area (Å²) in [7, 11) is -2.60. The number of methoxy groups -OCH3 is 1. The number of rotatable bonds is 4. The predicted octanol–water partition coefficient (Wildman–Crippen LogP) is -0.848. The fourth-order valence-corrected chi connectivity index (χ4v) is 3.83. The van der Waals surface area contributed by atoms with Crippen LogP contribution in [0.4, 0.5) is 5.69 Å². The van der Waals surface area contributed by atoms with Crippen molar-refractivity contribution in [1.82, 2.24) is 4.31 Å². The first-order valence-electron chi connectivity index (χ1n) is 6.20. The van der Waals surface area contributed by atoms with Crippen molar-refractivity contribution in [3.05, 3.63) is 18.2 Å². The number of benzene rings is 1. The van der Waals surface area contributed by atoms with Crippen LogP contribution in [0.3, 0.4) is 0 Å². The molecule has 1 aromatic rings. The average Bonchev–Trinajstić information content (AvgIpc) is 2.46. The number of morpholine rings is 1. The fourth-order valence-electron chi connectivity index (χ4n) is 2.12. The van der Waals surface area contributed by atoms with Crippen LogP contribution in [0.25, 0.3) is 0 Å². The number of nitrogens with two attached hydrogens (primary N) is 2. The third-order valence-electron chi connectivity index (χ3n) is 3.18. The van der Waals surface area contributed by atoms with Crippen molar-refractivity contribution < 1.29 is 22.7 Å². The largest absolute Gasteiger partial charge is 0.495 e. The van der Waals surface area contributed by atoms with Crippen LogP contribution in [0.15, 0.2) is 23.1 Å². The van der Waals surface area contributed by atoms with Gasteiger partial charge in [-0.2, -0.15) is 4.31 Å². The van der Waals surface area contributed by atoms with Gasteiger partial charge < -0.3 is 20.9 Å². The number of nitrogens with zero attached hydrogens (tertiary/aromatic N) is 1. The zero-order valence-corrected chi connectivity index (χ0v) is 12.3. The van der Waals surface area contributed by atoms with Gasteiger partial charge in [-0.15, -0.1) is 0 Å². The van der Waals surface area contributed by atoms with Gasteiger partial charge >= 0.3 is 0 Å². The van der Waals surface area contributed by atoms with Crippen LogP contribution in [-0.2, 0) is 19.6 Å². The maximum Gasteiger partial charge on any atom is 0.247 e. The molecule has 1 aliphatic rings. The van der Waals surface area contributed by atoms with Crippen LogP contribution in [0.1, 0.15) is 0 Å². The Morgan fingerprint density at radius 3 is 2.81 bits per heavy atom. The van der Waals surface area contributed by atoms with Gasteiger partial charge in [-0.05, 0) is 12.1 Å². The van der Waals surface area contributed by atoms with Crippen LogP contribution in [0.2, 0.25) is 0 Å². The summed E-state index contributed by atoms with van der Waals surface area (Å²) in [5.74, 6) is -0.641. The van der Waals surface area contributed by atoms with Gasteiger partial charge in [0.1, 0.15) is 16.7 Å². The normalized spacial score (nSPS) is 20.1. The summed E-state index contributed by atoms with van der Waals surface area (Å²) in [4.78, 5) is 11.4. The SMILES string of the molecule is COc1cc(N)ccc1S(=O)(=O)N1CCOCC1C(N)=O. The molecule has 1 unspecified atom stereocenters. The van der Waals surface area contributed by atoms with Crippen molar-refractivity contribution in [2.45, 2.75) is 10.9 Å². The third-order valence-corrected chi connectivity index (χ3v) is 5.13. The topological polar surface area (TPSA) is 125 Å². The number of ether oxygens (including phenoxy) is 2. The van der Waals surface area contributed by atoms with Crippen molar-refractivity contribution in [2.75, 3.05) is 32.6 Å². The number of hydrogen-bond acceptors (Lipinski definition) is 6. The highest BCUT2D eigenvalue weighted by molar-refractivity contribution is 7.89. The number of amides is 1. The molecule has 21 heavy (non-hydrogen) atoms. The molecule has 1 saturated heterocycles. The number of hydrogen-bond donors (Lipinski definition) is 2. The summed E-state index contributed by atoms with van der Waals surface area (Å²) in [6.07, 6.45) is 0. The first kappa shape index (κ1) is 15.5. The minimum absolute atomic E-state index is 0.0451. The third kappa shape index (κ3) is 2.94. The molecular weight excluding hydrogens is 298 g/mol. The molecule has 8 nitrogen and oxygen atoms in total. The van der Waals surface area contributed by atoms with Gasteiger partial charge in [0.25, 0.3) is 0 Å². The van der Waals surface area contributed by atoms with E-state index in [0.717, 1.165) is 4.31 Å². The lowest BCUT2D eigenvalue weighted by molar-refractivity contribution is -0.125. The molecule has 4 N–H and O–H groups in total. The molecule has 116 valence electrons. The number of carbonyl (C=O) groups excluding carboxylic acids is 1. The highest BCUT2D eigenvalue weighted by Crippen LogP contribution is 2.30. The summed E-state index contributed by atoms with van der Waals surface area (Å²) >= 11 is 0. The van der Waals surface area contributed by atoms with Crippen molar-refractivity contribution in [3.8, 4) is 5.75 Å². The van der Waals surface area contributed by atoms with E-state index < -0.39 is 22.0 Å². The molecule has 9 heteroatoms. The summed E-state index contributed by atoms with van der Waals surface area (Å²) < 4.78 is 36.7. The maximum atomic E-state index is 12.7. The molecule has 0 bridgehead atoms. The Morgan fingerprint density at radius 1 is 1.48 bits per heavy atom. The quantitative estimate of drug-likeness (QED) is 0.697. The molecule has 1 aliphatic heterocycles. The highest BCUT2D eigenvalue weighted by atomic mass is 32.2. The van der Waals surface area contributed by atoms with Gasteiger partial charge in [-0.25, -0.2) is 8.42 Å². The van der Waals surface area contributed by atoms with Gasteiger partial charge in [-0.1, -0.05) is 0 Å². The molecule has 1 atom stereocenters. The number of sulfonamides is 1. The van der Waals surface area contributed by atoms with Gasteiger partial charge in [0.2, 0.25) is 15.9 Å². The van der Waals surface area contributed by atoms with Crippen molar-refractivity contribution in [1.29, 1.82) is 0 Å². The number of carbonyl (C=O) groups is 1. The van der Waals surface area contributed by atoms with Crippen molar-refractivity contribution in [2.24, 2.45) is 5.73 Å². The van der Waals surface area contributed by atoms with Gasteiger partial charge in [0, 0.05) is 18.3 Å². The van der Waals surface area contributed by atoms with Crippen molar-refractivity contribution >= 4 is 21.6 Å². The molecule has 0 spiro atoms. The molecule has 0 saturated carbocycles. The molecule has 1 heterocycles. The zero-order valence-electron chi connectivity index (χ0n) is 11.5. The van der Waals surface area contributed by atoms with E-state index in [1.807, 2.05) is 0 Å². The van der Waals surface area contributed by atoms with Crippen LogP contribution in [-0.4, -0.2) is 51.5 Å². The predicted molar refractivity (Wildman–Crippen MR) is 75.1 cm³/mol. The molecule has 1 amide bonds. The maximum absolute atomic E-state index is 12.7. The molecule has 1 aromatic carbocycles. The zero-order chi connectivity index (χ0) is 15.6. The van der Waals surface area contributed by atoms with E-state index in [1.165, 1.54) is 25.3 Å². The Bertz CT molecular complexity index is 646. The van der Waals surface area contributed by atoms with E-state index in [-0.39, 0.29) is 30.4 Å². The molecule has 0 aromatic heterocycles. The Kier molecular flexibility index (Phi) is 4.35. The Labute approximate surface area is 122 Å². The summed E-state index contributed by atoms with van der Waals surface area (Å²) in [5, 5.41) is 0. The summed E-state index contributed by atoms with van der Waals surface area (Å²) in [6.45, 7) is 0.176. The lowest BCUT2D eigenvalue weighted by Crippen LogP contribution is -2.54. The van der Waals surface area contributed by atoms with E-state index in [1.54, 1.807) is 0 Å². The summed E-state index contributed by atoms with van der Waals surface area (Å²) in [5.41, 5.74) is 11.2. The van der Waals surface area contributed by atoms with Gasteiger partial charge in [0.05, 0.1) is 20.3 Å². The van der Waals surface area contributed by atoms with Crippen LogP contribution < -0.4 is 16.2 Å². The van der Waals surface area contributed by atoms with E-state index in [2.05, 4.69) is 0 Å². The van der Waals surface area contributed by atoms with Crippen LogP contribution >= 0.6 is 0 Å². The first-order valence-corrected chi connectivity index (χ1v) is 7.64. The Balaban J connectivity index is 2.48. The molecular formula is C12H17N3O5S. The minimum atomic E-state index is -3.94. The van der Waals surface area contributed by atoms with Gasteiger partial charge in [0.15, 0.2) is 0 Å². The van der Waals surface area contributed by atoms with E-state index in [9.17, 15) is 13.2 Å². The molecule has 0 radical (unpaired) electrons. The number of primary amides is 1. The first-order chi connectivity index (χ1) is 9.87. The number of anilines is 1. The Morgan fingerprint density at radius 2 is 2.19 bits per heavy atom. The molecule has 0 aliphatic carbocycles. The monoisotopic (exact) mass is 315 g/mol. The van der Waals surface area contributed by atoms with Gasteiger partial charge in [-0.3, -0.25) is 4.79 Å².